The van der Waals surface area contributed by atoms with Crippen molar-refractivity contribution in [2.24, 2.45) is 5.92 Å². The highest BCUT2D eigenvalue weighted by molar-refractivity contribution is 6.30. The third kappa shape index (κ3) is 3.28. The van der Waals surface area contributed by atoms with E-state index in [0.717, 1.165) is 0 Å². The molecule has 2 atom stereocenters. The lowest BCUT2D eigenvalue weighted by molar-refractivity contribution is 0.0508. The minimum atomic E-state index is -0.981. The predicted molar refractivity (Wildman–Crippen MR) is 110 cm³/mol. The normalized spacial score (nSPS) is 21.9. The van der Waals surface area contributed by atoms with Crippen molar-refractivity contribution in [1.29, 1.82) is 0 Å². The minimum Gasteiger partial charge on any atom is -0.503 e. The lowest BCUT2D eigenvalue weighted by Gasteiger charge is -2.38. The van der Waals surface area contributed by atoms with Gasteiger partial charge < -0.3 is 25.0 Å². The molecule has 164 valence electrons. The van der Waals surface area contributed by atoms with E-state index in [1.54, 1.807) is 11.8 Å². The number of likely N-dealkylation sites (N-methyl/N-ethyl adjacent to an activating group) is 1. The molecule has 1 saturated carbocycles. The fraction of sp³-hybridized carbons (Fsp3) is 0.381. The van der Waals surface area contributed by atoms with Crippen molar-refractivity contribution in [3.05, 3.63) is 62.3 Å². The molecule has 1 fully saturated rings. The van der Waals surface area contributed by atoms with Gasteiger partial charge in [0.15, 0.2) is 11.4 Å². The first-order valence-corrected chi connectivity index (χ1v) is 10.2. The fourth-order valence-electron chi connectivity index (χ4n) is 4.41. The van der Waals surface area contributed by atoms with Gasteiger partial charge in [0.1, 0.15) is 11.4 Å². The molecule has 31 heavy (non-hydrogen) atoms. The van der Waals surface area contributed by atoms with Gasteiger partial charge in [-0.1, -0.05) is 23.7 Å². The van der Waals surface area contributed by atoms with Crippen molar-refractivity contribution in [2.45, 2.75) is 32.0 Å². The highest BCUT2D eigenvalue weighted by atomic mass is 35.5. The molecule has 0 saturated heterocycles. The first kappa shape index (κ1) is 21.3. The van der Waals surface area contributed by atoms with Crippen molar-refractivity contribution >= 4 is 23.4 Å². The first-order chi connectivity index (χ1) is 14.7. The Labute approximate surface area is 181 Å². The van der Waals surface area contributed by atoms with Gasteiger partial charge in [-0.3, -0.25) is 14.4 Å². The number of hydrogen-bond acceptors (Lipinski definition) is 5. The average molecular weight is 450 g/mol. The summed E-state index contributed by atoms with van der Waals surface area (Å²) in [6.07, 6.45) is 1.82. The average Bonchev–Trinajstić information content (AvgIpc) is 3.44. The lowest BCUT2D eigenvalue weighted by atomic mass is 10.0. The largest absolute Gasteiger partial charge is 0.503 e. The maximum atomic E-state index is 14.0. The Kier molecular flexibility index (Phi) is 5.26. The van der Waals surface area contributed by atoms with Crippen LogP contribution < -0.4 is 10.7 Å². The predicted octanol–water partition coefficient (Wildman–Crippen LogP) is 1.50. The van der Waals surface area contributed by atoms with Gasteiger partial charge in [-0.15, -0.1) is 0 Å². The van der Waals surface area contributed by atoms with Gasteiger partial charge in [-0.05, 0) is 19.4 Å². The number of nitrogens with one attached hydrogen (secondary N) is 1. The molecule has 8 nitrogen and oxygen atoms in total. The van der Waals surface area contributed by atoms with Crippen LogP contribution in [0.4, 0.5) is 4.39 Å². The first-order valence-electron chi connectivity index (χ1n) is 9.85. The number of aliphatic hydroxyl groups excluding tert-OH is 1. The van der Waals surface area contributed by atoms with E-state index in [2.05, 4.69) is 5.32 Å². The van der Waals surface area contributed by atoms with Crippen LogP contribution in [0.2, 0.25) is 5.02 Å². The second kappa shape index (κ2) is 7.65. The molecule has 2 aliphatic rings. The van der Waals surface area contributed by atoms with Crippen molar-refractivity contribution < 1.29 is 24.2 Å². The molecule has 1 spiro atoms. The Morgan fingerprint density at radius 3 is 2.77 bits per heavy atom. The van der Waals surface area contributed by atoms with Crippen LogP contribution >= 0.6 is 11.6 Å². The quantitative estimate of drug-likeness (QED) is 0.640. The Hall–Kier alpha value is -2.91. The Bertz CT molecular complexity index is 1150. The van der Waals surface area contributed by atoms with Gasteiger partial charge in [0.05, 0.1) is 10.6 Å². The van der Waals surface area contributed by atoms with Crippen LogP contribution in [0.15, 0.2) is 29.2 Å². The lowest BCUT2D eigenvalue weighted by Crippen LogP contribution is -2.52. The number of amides is 2. The van der Waals surface area contributed by atoms with Crippen LogP contribution in [0.25, 0.3) is 0 Å². The number of aromatic nitrogens is 1. The van der Waals surface area contributed by atoms with Crippen molar-refractivity contribution in [3.8, 4) is 5.75 Å². The number of fused-ring (bicyclic) bond motifs is 1. The fourth-order valence-corrected chi connectivity index (χ4v) is 4.61. The van der Waals surface area contributed by atoms with E-state index in [0.29, 0.717) is 13.0 Å². The van der Waals surface area contributed by atoms with Crippen LogP contribution in [0.3, 0.4) is 0 Å². The molecular weight excluding hydrogens is 429 g/mol. The number of benzene rings is 1. The molecule has 4 rings (SSSR count). The van der Waals surface area contributed by atoms with Crippen molar-refractivity contribution in [1.82, 2.24) is 14.8 Å². The summed E-state index contributed by atoms with van der Waals surface area (Å²) in [6, 6.07) is 4.35. The van der Waals surface area contributed by atoms with E-state index in [1.165, 1.54) is 29.0 Å². The van der Waals surface area contributed by atoms with Gasteiger partial charge in [0.25, 0.3) is 11.8 Å². The van der Waals surface area contributed by atoms with Crippen LogP contribution in [0.1, 0.15) is 39.8 Å². The molecule has 2 amide bonds. The molecule has 0 unspecified atom stereocenters. The number of carbonyl (C=O) groups excluding carboxylic acids is 2. The number of aliphatic hydroxyl groups is 1. The zero-order chi connectivity index (χ0) is 22.5. The SMILES string of the molecule is CCN1C(=O)c2c(O)c(=O)c(C(=O)NCc3cccc(Cl)c3F)cn2C[C@@]12C[C@H]2CO. The van der Waals surface area contributed by atoms with E-state index in [-0.39, 0.29) is 47.5 Å². The number of aromatic hydroxyl groups is 1. The molecule has 0 bridgehead atoms. The molecule has 1 aliphatic heterocycles. The summed E-state index contributed by atoms with van der Waals surface area (Å²) in [5, 5.41) is 22.4. The zero-order valence-electron chi connectivity index (χ0n) is 16.7. The van der Waals surface area contributed by atoms with Crippen LogP contribution in [-0.2, 0) is 13.1 Å². The highest BCUT2D eigenvalue weighted by Gasteiger charge is 2.61. The number of pyridine rings is 1. The van der Waals surface area contributed by atoms with E-state index in [9.17, 15) is 29.0 Å². The minimum absolute atomic E-state index is 0.0922. The summed E-state index contributed by atoms with van der Waals surface area (Å²) in [5.74, 6) is -2.93. The third-order valence-corrected chi connectivity index (χ3v) is 6.43. The second-order valence-electron chi connectivity index (χ2n) is 7.83. The molecule has 1 aromatic heterocycles. The molecule has 2 aromatic rings. The topological polar surface area (TPSA) is 112 Å². The van der Waals surface area contributed by atoms with Crippen LogP contribution in [0.5, 0.6) is 5.75 Å². The Morgan fingerprint density at radius 1 is 1.39 bits per heavy atom. The Balaban J connectivity index is 1.66. The summed E-state index contributed by atoms with van der Waals surface area (Å²) >= 11 is 5.74. The number of nitrogens with zero attached hydrogens (tertiary/aromatic N) is 2. The molecule has 1 aliphatic carbocycles. The number of rotatable bonds is 5. The van der Waals surface area contributed by atoms with Gasteiger partial charge in [-0.2, -0.15) is 0 Å². The molecule has 1 aromatic carbocycles. The number of halogens is 2. The smallest absolute Gasteiger partial charge is 0.275 e. The Morgan fingerprint density at radius 2 is 2.13 bits per heavy atom. The second-order valence-corrected chi connectivity index (χ2v) is 8.24. The van der Waals surface area contributed by atoms with E-state index in [4.69, 9.17) is 11.6 Å². The molecule has 0 radical (unpaired) electrons. The maximum absolute atomic E-state index is 14.0. The van der Waals surface area contributed by atoms with Gasteiger partial charge in [0.2, 0.25) is 5.43 Å². The van der Waals surface area contributed by atoms with Crippen LogP contribution in [-0.4, -0.2) is 50.2 Å². The highest BCUT2D eigenvalue weighted by Crippen LogP contribution is 2.52. The van der Waals surface area contributed by atoms with Crippen molar-refractivity contribution in [2.75, 3.05) is 13.2 Å². The molecule has 2 heterocycles. The summed E-state index contributed by atoms with van der Waals surface area (Å²) < 4.78 is 15.4. The third-order valence-electron chi connectivity index (χ3n) is 6.14. The van der Waals surface area contributed by atoms with E-state index >= 15 is 0 Å². The van der Waals surface area contributed by atoms with Gasteiger partial charge >= 0.3 is 0 Å². The maximum Gasteiger partial charge on any atom is 0.275 e. The molecule has 3 N–H and O–H groups in total. The van der Waals surface area contributed by atoms with Crippen molar-refractivity contribution in [3.63, 3.8) is 0 Å². The van der Waals surface area contributed by atoms with E-state index in [1.807, 2.05) is 0 Å². The molecular formula is C21H21ClFN3O5. The molecule has 10 heteroatoms. The summed E-state index contributed by atoms with van der Waals surface area (Å²) in [7, 11) is 0. The van der Waals surface area contributed by atoms with E-state index < -0.39 is 34.3 Å². The van der Waals surface area contributed by atoms with Gasteiger partial charge in [-0.25, -0.2) is 4.39 Å². The van der Waals surface area contributed by atoms with Crippen LogP contribution in [0, 0.1) is 11.7 Å². The monoisotopic (exact) mass is 449 g/mol. The summed E-state index contributed by atoms with van der Waals surface area (Å²) in [4.78, 5) is 39.8. The summed E-state index contributed by atoms with van der Waals surface area (Å²) in [6.45, 7) is 2.07. The zero-order valence-corrected chi connectivity index (χ0v) is 17.4. The summed E-state index contributed by atoms with van der Waals surface area (Å²) in [5.41, 5.74) is -1.99. The number of hydrogen-bond donors (Lipinski definition) is 3. The standard InChI is InChI=1S/C21H21ClFN3O5/c1-2-26-20(31)16-18(29)17(28)13(8-25(16)10-21(26)6-12(21)9-27)19(30)24-7-11-4-3-5-14(22)15(11)23/h3-5,8,12,27,29H,2,6-7,9-10H2,1H3,(H,24,30)/t12-,21+/m0/s1. The van der Waals surface area contributed by atoms with Gasteiger partial charge in [0, 0.05) is 43.9 Å². The number of carbonyl (C=O) groups is 2.